The van der Waals surface area contributed by atoms with Crippen LogP contribution in [-0.4, -0.2) is 63.3 Å². The average molecular weight is 565 g/mol. The second kappa shape index (κ2) is 11.5. The van der Waals surface area contributed by atoms with Crippen LogP contribution in [0.2, 0.25) is 0 Å². The maximum Gasteiger partial charge on any atom is 0.155 e. The molecular weight excluding hydrogens is 531 g/mol. The molecule has 6 rings (SSSR count). The van der Waals surface area contributed by atoms with Gasteiger partial charge in [-0.05, 0) is 69.9 Å². The van der Waals surface area contributed by atoms with E-state index in [1.807, 2.05) is 55.8 Å². The lowest BCUT2D eigenvalue weighted by molar-refractivity contribution is 0.260. The summed E-state index contributed by atoms with van der Waals surface area (Å²) < 4.78 is 20.5. The highest BCUT2D eigenvalue weighted by Crippen LogP contribution is 2.35. The number of aromatic amines is 2. The van der Waals surface area contributed by atoms with Crippen molar-refractivity contribution in [2.24, 2.45) is 0 Å². The number of hydrogen-bond donors (Lipinski definition) is 4. The molecule has 214 valence electrons. The van der Waals surface area contributed by atoms with Crippen LogP contribution in [0.25, 0.3) is 50.0 Å². The van der Waals surface area contributed by atoms with Gasteiger partial charge in [-0.3, -0.25) is 10.1 Å². The molecule has 0 spiro atoms. The number of nitrogens with zero attached hydrogens (tertiary/aromatic N) is 4. The summed E-state index contributed by atoms with van der Waals surface area (Å²) in [5.41, 5.74) is 7.46. The Balaban J connectivity index is 1.37. The first-order valence-electron chi connectivity index (χ1n) is 13.8. The van der Waals surface area contributed by atoms with Gasteiger partial charge in [-0.1, -0.05) is 0 Å². The highest BCUT2D eigenvalue weighted by atomic mass is 19.1. The molecule has 0 aliphatic carbocycles. The van der Waals surface area contributed by atoms with E-state index in [-0.39, 0.29) is 5.82 Å². The first kappa shape index (κ1) is 27.2. The molecule has 0 amide bonds. The van der Waals surface area contributed by atoms with E-state index in [4.69, 9.17) is 4.74 Å². The highest BCUT2D eigenvalue weighted by molar-refractivity contribution is 6.00. The van der Waals surface area contributed by atoms with E-state index in [1.54, 1.807) is 12.4 Å². The van der Waals surface area contributed by atoms with Crippen molar-refractivity contribution in [2.75, 3.05) is 27.2 Å². The lowest BCUT2D eigenvalue weighted by Gasteiger charge is -2.12. The molecule has 9 nitrogen and oxygen atoms in total. The van der Waals surface area contributed by atoms with Gasteiger partial charge in [-0.15, -0.1) is 0 Å². The van der Waals surface area contributed by atoms with Gasteiger partial charge in [0.15, 0.2) is 5.65 Å². The van der Waals surface area contributed by atoms with Crippen LogP contribution in [0.4, 0.5) is 4.39 Å². The predicted octanol–water partition coefficient (Wildman–Crippen LogP) is 5.59. The second-order valence-electron chi connectivity index (χ2n) is 10.8. The number of aromatic nitrogens is 5. The molecule has 0 saturated heterocycles. The molecule has 4 aromatic heterocycles. The van der Waals surface area contributed by atoms with Crippen LogP contribution in [0.1, 0.15) is 19.4 Å². The van der Waals surface area contributed by atoms with Crippen LogP contribution in [0.3, 0.4) is 0 Å². The maximum absolute atomic E-state index is 14.6. The molecule has 4 N–H and O–H groups in total. The van der Waals surface area contributed by atoms with Crippen molar-refractivity contribution in [3.8, 4) is 28.3 Å². The Morgan fingerprint density at radius 2 is 1.90 bits per heavy atom. The molecule has 0 radical (unpaired) electrons. The molecule has 10 heteroatoms. The number of benzene rings is 1. The molecule has 0 unspecified atom stereocenters. The summed E-state index contributed by atoms with van der Waals surface area (Å²) in [5.74, 6) is 0.116. The summed E-state index contributed by atoms with van der Waals surface area (Å²) in [7, 11) is 3.94. The summed E-state index contributed by atoms with van der Waals surface area (Å²) in [6, 6.07) is 9.16. The van der Waals surface area contributed by atoms with Crippen LogP contribution in [0.5, 0.6) is 5.75 Å². The summed E-state index contributed by atoms with van der Waals surface area (Å²) in [5, 5.41) is 16.1. The lowest BCUT2D eigenvalue weighted by Crippen LogP contribution is -2.20. The normalized spacial score (nSPS) is 13.4. The number of pyridine rings is 2. The highest BCUT2D eigenvalue weighted by Gasteiger charge is 2.17. The van der Waals surface area contributed by atoms with Crippen molar-refractivity contribution in [2.45, 2.75) is 19.9 Å². The van der Waals surface area contributed by atoms with E-state index in [0.717, 1.165) is 56.6 Å². The number of hydrogen-bond acceptors (Lipinski definition) is 7. The van der Waals surface area contributed by atoms with Crippen molar-refractivity contribution < 1.29 is 9.13 Å². The van der Waals surface area contributed by atoms with Crippen LogP contribution in [-0.2, 0) is 0 Å². The Hall–Kier alpha value is -4.96. The third-order valence-electron chi connectivity index (χ3n) is 6.90. The van der Waals surface area contributed by atoms with Gasteiger partial charge in [0, 0.05) is 76.6 Å². The SMILES string of the molecule is CC(C)NC1=CC(c2cnc3[nH]nc(-c4cc5c(-c6cc(F)cc(OCCN(C)C)c6)cncc5[nH]4)c3c2)=CNC=C1. The van der Waals surface area contributed by atoms with Gasteiger partial charge in [-0.25, -0.2) is 9.37 Å². The number of H-pyrrole nitrogens is 2. The molecule has 0 fully saturated rings. The number of ether oxygens (including phenoxy) is 1. The first-order valence-corrected chi connectivity index (χ1v) is 13.8. The summed E-state index contributed by atoms with van der Waals surface area (Å²) >= 11 is 0. The minimum atomic E-state index is -0.365. The van der Waals surface area contributed by atoms with E-state index in [2.05, 4.69) is 61.8 Å². The Kier molecular flexibility index (Phi) is 7.45. The second-order valence-corrected chi connectivity index (χ2v) is 10.8. The van der Waals surface area contributed by atoms with Gasteiger partial charge in [0.05, 0.1) is 17.4 Å². The standard InChI is InChI=1S/C32H33FN8O/c1-19(2)37-24-5-6-34-15-21(10-24)22-12-27-31(39-40-32(27)36-16-22)29-14-26-28(17-35-18-30(26)38-29)20-9-23(33)13-25(11-20)42-8-7-41(3)4/h5-6,9-19,34,37-38H,7-8H2,1-4H3,(H,36,39,40). The van der Waals surface area contributed by atoms with E-state index >= 15 is 0 Å². The van der Waals surface area contributed by atoms with Crippen LogP contribution < -0.4 is 15.4 Å². The quantitative estimate of drug-likeness (QED) is 0.185. The average Bonchev–Trinajstić information content (AvgIpc) is 3.50. The number of fused-ring (bicyclic) bond motifs is 2. The largest absolute Gasteiger partial charge is 0.492 e. The fraction of sp³-hybridized carbons (Fsp3) is 0.219. The monoisotopic (exact) mass is 564 g/mol. The molecule has 0 bridgehead atoms. The molecule has 1 aliphatic rings. The summed E-state index contributed by atoms with van der Waals surface area (Å²) in [6.07, 6.45) is 13.3. The summed E-state index contributed by atoms with van der Waals surface area (Å²) in [4.78, 5) is 14.5. The predicted molar refractivity (Wildman–Crippen MR) is 165 cm³/mol. The van der Waals surface area contributed by atoms with Gasteiger partial charge in [0.25, 0.3) is 0 Å². The summed E-state index contributed by atoms with van der Waals surface area (Å²) in [6.45, 7) is 5.41. The number of likely N-dealkylation sites (N-methyl/N-ethyl adjacent to an activating group) is 1. The molecule has 0 atom stereocenters. The fourth-order valence-electron chi connectivity index (χ4n) is 4.95. The van der Waals surface area contributed by atoms with Crippen LogP contribution >= 0.6 is 0 Å². The molecule has 1 aromatic carbocycles. The maximum atomic E-state index is 14.6. The van der Waals surface area contributed by atoms with Crippen LogP contribution in [0, 0.1) is 5.82 Å². The minimum absolute atomic E-state index is 0.303. The van der Waals surface area contributed by atoms with Gasteiger partial charge in [-0.2, -0.15) is 5.10 Å². The third kappa shape index (κ3) is 5.75. The van der Waals surface area contributed by atoms with Crippen molar-refractivity contribution in [3.05, 3.63) is 90.6 Å². The van der Waals surface area contributed by atoms with Gasteiger partial charge in [0.1, 0.15) is 23.9 Å². The topological polar surface area (TPSA) is 107 Å². The van der Waals surface area contributed by atoms with E-state index in [9.17, 15) is 4.39 Å². The van der Waals surface area contributed by atoms with E-state index in [1.165, 1.54) is 12.1 Å². The number of halogens is 1. The zero-order valence-electron chi connectivity index (χ0n) is 24.0. The Bertz CT molecular complexity index is 1850. The molecule has 42 heavy (non-hydrogen) atoms. The van der Waals surface area contributed by atoms with Gasteiger partial charge in [0.2, 0.25) is 0 Å². The Morgan fingerprint density at radius 3 is 2.74 bits per heavy atom. The Morgan fingerprint density at radius 1 is 1.02 bits per heavy atom. The molecule has 5 aromatic rings. The number of allylic oxidation sites excluding steroid dienone is 3. The van der Waals surface area contributed by atoms with Crippen molar-refractivity contribution in [3.63, 3.8) is 0 Å². The molecule has 0 saturated carbocycles. The molecular formula is C32H33FN8O. The minimum Gasteiger partial charge on any atom is -0.492 e. The lowest BCUT2D eigenvalue weighted by atomic mass is 10.0. The van der Waals surface area contributed by atoms with Crippen LogP contribution in [0.15, 0.2) is 79.2 Å². The molecule has 5 heterocycles. The Labute approximate surface area is 243 Å². The van der Waals surface area contributed by atoms with Gasteiger partial charge >= 0.3 is 0 Å². The van der Waals surface area contributed by atoms with Crippen molar-refractivity contribution in [1.29, 1.82) is 0 Å². The van der Waals surface area contributed by atoms with E-state index < -0.39 is 0 Å². The van der Waals surface area contributed by atoms with Gasteiger partial charge < -0.3 is 25.3 Å². The smallest absolute Gasteiger partial charge is 0.155 e. The number of rotatable bonds is 9. The van der Waals surface area contributed by atoms with E-state index in [0.29, 0.717) is 29.6 Å². The third-order valence-corrected chi connectivity index (χ3v) is 6.90. The van der Waals surface area contributed by atoms with Crippen molar-refractivity contribution in [1.82, 2.24) is 40.7 Å². The number of nitrogens with one attached hydrogen (secondary N) is 4. The molecule has 1 aliphatic heterocycles. The zero-order valence-corrected chi connectivity index (χ0v) is 24.0. The first-order chi connectivity index (χ1) is 20.3. The zero-order chi connectivity index (χ0) is 29.2. The van der Waals surface area contributed by atoms with Crippen molar-refractivity contribution >= 4 is 27.5 Å². The fourth-order valence-corrected chi connectivity index (χ4v) is 4.95.